The van der Waals surface area contributed by atoms with Crippen molar-refractivity contribution in [3.8, 4) is 0 Å². The number of Topliss-reactive ketones (excluding diaryl/α,β-unsaturated/α-hetero) is 1. The SMILES string of the molecule is CCCCN(C(=O)NCCCCN(C)C)C(=O)[C@@H]1C[C@@H]2CC(=O)CC[C@H]2N(C)C1. The third-order valence-corrected chi connectivity index (χ3v) is 6.32. The number of carbonyl (C=O) groups excluding carboxylic acids is 3. The van der Waals surface area contributed by atoms with Crippen molar-refractivity contribution in [2.45, 2.75) is 64.3 Å². The molecule has 7 heteroatoms. The van der Waals surface area contributed by atoms with Crippen molar-refractivity contribution in [2.24, 2.45) is 11.8 Å². The maximum atomic E-state index is 13.3. The highest BCUT2D eigenvalue weighted by Crippen LogP contribution is 2.36. The molecular formula is C22H40N4O3. The van der Waals surface area contributed by atoms with Gasteiger partial charge in [0.15, 0.2) is 0 Å². The average molecular weight is 409 g/mol. The van der Waals surface area contributed by atoms with Crippen LogP contribution in [0.5, 0.6) is 0 Å². The summed E-state index contributed by atoms with van der Waals surface area (Å²) in [6, 6.07) is 0.129. The number of hydrogen-bond acceptors (Lipinski definition) is 5. The van der Waals surface area contributed by atoms with Gasteiger partial charge < -0.3 is 15.1 Å². The number of fused-ring (bicyclic) bond motifs is 1. The Kier molecular flexibility index (Phi) is 9.56. The van der Waals surface area contributed by atoms with Crippen molar-refractivity contribution < 1.29 is 14.4 Å². The average Bonchev–Trinajstić information content (AvgIpc) is 2.67. The molecule has 1 saturated carbocycles. The van der Waals surface area contributed by atoms with E-state index >= 15 is 0 Å². The lowest BCUT2D eigenvalue weighted by atomic mass is 9.74. The first-order valence-corrected chi connectivity index (χ1v) is 11.3. The highest BCUT2D eigenvalue weighted by atomic mass is 16.2. The van der Waals surface area contributed by atoms with E-state index in [1.165, 1.54) is 4.90 Å². The number of carbonyl (C=O) groups is 3. The summed E-state index contributed by atoms with van der Waals surface area (Å²) in [4.78, 5) is 43.7. The Balaban J connectivity index is 1.94. The number of nitrogens with one attached hydrogen (secondary N) is 1. The van der Waals surface area contributed by atoms with E-state index in [2.05, 4.69) is 22.0 Å². The van der Waals surface area contributed by atoms with Crippen LogP contribution in [0.15, 0.2) is 0 Å². The van der Waals surface area contributed by atoms with Gasteiger partial charge in [0.25, 0.3) is 0 Å². The van der Waals surface area contributed by atoms with Crippen molar-refractivity contribution in [1.29, 1.82) is 0 Å². The van der Waals surface area contributed by atoms with Crippen molar-refractivity contribution in [3.05, 3.63) is 0 Å². The first kappa shape index (κ1) is 23.8. The fourth-order valence-electron chi connectivity index (χ4n) is 4.69. The molecule has 1 aliphatic heterocycles. The molecule has 2 rings (SSSR count). The molecular weight excluding hydrogens is 368 g/mol. The zero-order chi connectivity index (χ0) is 21.4. The van der Waals surface area contributed by atoms with Crippen LogP contribution in [0.4, 0.5) is 4.79 Å². The summed E-state index contributed by atoms with van der Waals surface area (Å²) in [5, 5.41) is 2.94. The third-order valence-electron chi connectivity index (χ3n) is 6.32. The highest BCUT2D eigenvalue weighted by Gasteiger charge is 2.42. The van der Waals surface area contributed by atoms with E-state index in [0.717, 1.165) is 45.1 Å². The number of piperidine rings is 1. The minimum Gasteiger partial charge on any atom is -0.338 e. The lowest BCUT2D eigenvalue weighted by Gasteiger charge is -2.45. The smallest absolute Gasteiger partial charge is 0.324 e. The molecule has 0 aromatic rings. The molecule has 1 N–H and O–H groups in total. The van der Waals surface area contributed by atoms with Crippen molar-refractivity contribution in [2.75, 3.05) is 47.3 Å². The second-order valence-electron chi connectivity index (χ2n) is 9.07. The van der Waals surface area contributed by atoms with Crippen molar-refractivity contribution >= 4 is 17.7 Å². The summed E-state index contributed by atoms with van der Waals surface area (Å²) < 4.78 is 0. The molecule has 0 unspecified atom stereocenters. The summed E-state index contributed by atoms with van der Waals surface area (Å²) in [6.07, 6.45) is 6.51. The number of amides is 3. The number of rotatable bonds is 9. The number of hydrogen-bond donors (Lipinski definition) is 1. The summed E-state index contributed by atoms with van der Waals surface area (Å²) in [7, 11) is 6.12. The summed E-state index contributed by atoms with van der Waals surface area (Å²) in [5.41, 5.74) is 0. The molecule has 3 atom stereocenters. The van der Waals surface area contributed by atoms with E-state index in [4.69, 9.17) is 0 Å². The van der Waals surface area contributed by atoms with Gasteiger partial charge in [-0.25, -0.2) is 4.79 Å². The molecule has 1 aliphatic carbocycles. The maximum absolute atomic E-state index is 13.3. The van der Waals surface area contributed by atoms with Gasteiger partial charge in [-0.1, -0.05) is 13.3 Å². The third kappa shape index (κ3) is 7.07. The number of urea groups is 1. The molecule has 7 nitrogen and oxygen atoms in total. The summed E-state index contributed by atoms with van der Waals surface area (Å²) in [6.45, 7) is 4.78. The van der Waals surface area contributed by atoms with Gasteiger partial charge in [-0.15, -0.1) is 0 Å². The van der Waals surface area contributed by atoms with E-state index in [-0.39, 0.29) is 23.8 Å². The molecule has 166 valence electrons. The van der Waals surface area contributed by atoms with Crippen LogP contribution in [0.2, 0.25) is 0 Å². The molecule has 0 bridgehead atoms. The molecule has 0 aromatic carbocycles. The maximum Gasteiger partial charge on any atom is 0.324 e. The van der Waals surface area contributed by atoms with Crippen LogP contribution in [0.1, 0.15) is 58.3 Å². The number of imide groups is 1. The van der Waals surface area contributed by atoms with E-state index < -0.39 is 0 Å². The van der Waals surface area contributed by atoms with Gasteiger partial charge in [-0.2, -0.15) is 0 Å². The predicted molar refractivity (Wildman–Crippen MR) is 115 cm³/mol. The van der Waals surface area contributed by atoms with Gasteiger partial charge in [0.05, 0.1) is 5.92 Å². The van der Waals surface area contributed by atoms with Gasteiger partial charge >= 0.3 is 6.03 Å². The zero-order valence-electron chi connectivity index (χ0n) is 18.8. The fraction of sp³-hybridized carbons (Fsp3) is 0.864. The van der Waals surface area contributed by atoms with Gasteiger partial charge in [0.1, 0.15) is 5.78 Å². The summed E-state index contributed by atoms with van der Waals surface area (Å²) >= 11 is 0. The Morgan fingerprint density at radius 1 is 1.17 bits per heavy atom. The van der Waals surface area contributed by atoms with Gasteiger partial charge in [-0.05, 0) is 65.7 Å². The number of ketones is 1. The van der Waals surface area contributed by atoms with E-state index in [1.54, 1.807) is 0 Å². The lowest BCUT2D eigenvalue weighted by Crippen LogP contribution is -2.55. The first-order valence-electron chi connectivity index (χ1n) is 11.3. The second-order valence-corrected chi connectivity index (χ2v) is 9.07. The minimum atomic E-state index is -0.266. The standard InChI is InChI=1S/C22H40N4O3/c1-5-6-13-26(22(29)23-11-7-8-12-24(2)3)21(28)18-14-17-15-19(27)9-10-20(17)25(4)16-18/h17-18,20H,5-16H2,1-4H3,(H,23,29)/t17-,18-,20-/m1/s1. The van der Waals surface area contributed by atoms with Crippen LogP contribution >= 0.6 is 0 Å². The fourth-order valence-corrected chi connectivity index (χ4v) is 4.69. The molecule has 3 amide bonds. The molecule has 1 heterocycles. The Morgan fingerprint density at radius 3 is 2.62 bits per heavy atom. The normalized spacial score (nSPS) is 25.0. The minimum absolute atomic E-state index is 0.0763. The van der Waals surface area contributed by atoms with Gasteiger partial charge in [0.2, 0.25) is 5.91 Å². The van der Waals surface area contributed by atoms with Gasteiger partial charge in [-0.3, -0.25) is 14.5 Å². The number of nitrogens with zero attached hydrogens (tertiary/aromatic N) is 3. The molecule has 0 aromatic heterocycles. The van der Waals surface area contributed by atoms with E-state index in [0.29, 0.717) is 44.3 Å². The number of unbranched alkanes of at least 4 members (excludes halogenated alkanes) is 2. The molecule has 0 radical (unpaired) electrons. The molecule has 0 spiro atoms. The van der Waals surface area contributed by atoms with Crippen LogP contribution in [0, 0.1) is 11.8 Å². The van der Waals surface area contributed by atoms with Crippen LogP contribution in [-0.4, -0.2) is 85.8 Å². The van der Waals surface area contributed by atoms with E-state index in [9.17, 15) is 14.4 Å². The lowest BCUT2D eigenvalue weighted by molar-refractivity contribution is -0.138. The largest absolute Gasteiger partial charge is 0.338 e. The molecule has 1 saturated heterocycles. The highest BCUT2D eigenvalue weighted by molar-refractivity contribution is 5.95. The van der Waals surface area contributed by atoms with Crippen LogP contribution in [-0.2, 0) is 9.59 Å². The predicted octanol–water partition coefficient (Wildman–Crippen LogP) is 2.36. The van der Waals surface area contributed by atoms with Crippen LogP contribution in [0.25, 0.3) is 0 Å². The first-order chi connectivity index (χ1) is 13.8. The van der Waals surface area contributed by atoms with Gasteiger partial charge in [0, 0.05) is 38.5 Å². The Hall–Kier alpha value is -1.47. The molecule has 29 heavy (non-hydrogen) atoms. The van der Waals surface area contributed by atoms with Crippen molar-refractivity contribution in [3.63, 3.8) is 0 Å². The summed E-state index contributed by atoms with van der Waals surface area (Å²) in [5.74, 6) is 0.271. The Labute approximate surface area is 176 Å². The molecule has 2 aliphatic rings. The van der Waals surface area contributed by atoms with Crippen LogP contribution in [0.3, 0.4) is 0 Å². The Morgan fingerprint density at radius 2 is 1.93 bits per heavy atom. The Bertz CT molecular complexity index is 566. The quantitative estimate of drug-likeness (QED) is 0.593. The second kappa shape index (κ2) is 11.6. The monoisotopic (exact) mass is 408 g/mol. The van der Waals surface area contributed by atoms with Crippen LogP contribution < -0.4 is 5.32 Å². The molecule has 2 fully saturated rings. The topological polar surface area (TPSA) is 73.0 Å². The zero-order valence-corrected chi connectivity index (χ0v) is 18.8. The number of likely N-dealkylation sites (tertiary alicyclic amines) is 1. The van der Waals surface area contributed by atoms with Crippen molar-refractivity contribution in [1.82, 2.24) is 20.0 Å². The van der Waals surface area contributed by atoms with E-state index in [1.807, 2.05) is 21.1 Å².